The summed E-state index contributed by atoms with van der Waals surface area (Å²) in [5.74, 6) is 0.536. The fraction of sp³-hybridized carbons (Fsp3) is 0.278. The van der Waals surface area contributed by atoms with Crippen LogP contribution in [0.4, 0.5) is 14.9 Å². The Kier molecular flexibility index (Phi) is 5.63. The highest BCUT2D eigenvalue weighted by atomic mass is 35.5. The molecule has 0 spiro atoms. The summed E-state index contributed by atoms with van der Waals surface area (Å²) in [6.07, 6.45) is 0.852. The normalized spacial score (nSPS) is 18.1. The molecule has 0 bridgehead atoms. The molecule has 1 aliphatic heterocycles. The Balaban J connectivity index is 1.61. The third-order valence-corrected chi connectivity index (χ3v) is 5.63. The second kappa shape index (κ2) is 7.90. The maximum absolute atomic E-state index is 12.9. The van der Waals surface area contributed by atoms with Crippen LogP contribution in [0.15, 0.2) is 48.5 Å². The van der Waals surface area contributed by atoms with Crippen molar-refractivity contribution in [3.05, 3.63) is 64.9 Å². The van der Waals surface area contributed by atoms with Gasteiger partial charge in [0.15, 0.2) is 0 Å². The van der Waals surface area contributed by atoms with E-state index in [1.807, 2.05) is 36.0 Å². The van der Waals surface area contributed by atoms with E-state index in [4.69, 9.17) is 11.6 Å². The standard InChI is InChI=1S/C18H18ClFN2OS/c19-16-4-2-1-3-15(16)17-9-10-22(11-12-24-17)18(23)21-14-7-5-13(20)6-8-14/h1-8,17H,9-12H2,(H,21,23). The number of urea groups is 1. The van der Waals surface area contributed by atoms with Gasteiger partial charge in [0.2, 0.25) is 0 Å². The number of amides is 2. The van der Waals surface area contributed by atoms with Crippen molar-refractivity contribution in [2.75, 3.05) is 24.2 Å². The summed E-state index contributed by atoms with van der Waals surface area (Å²) in [5.41, 5.74) is 1.73. The Hall–Kier alpha value is -1.72. The summed E-state index contributed by atoms with van der Waals surface area (Å²) in [7, 11) is 0. The van der Waals surface area contributed by atoms with E-state index in [-0.39, 0.29) is 11.8 Å². The van der Waals surface area contributed by atoms with Crippen LogP contribution in [0.3, 0.4) is 0 Å². The van der Waals surface area contributed by atoms with Crippen LogP contribution in [-0.4, -0.2) is 29.8 Å². The molecule has 2 aromatic rings. The van der Waals surface area contributed by atoms with Gasteiger partial charge in [0, 0.05) is 34.8 Å². The molecule has 2 aromatic carbocycles. The minimum absolute atomic E-state index is 0.151. The molecule has 1 aliphatic rings. The zero-order valence-corrected chi connectivity index (χ0v) is 14.6. The Morgan fingerprint density at radius 1 is 1.17 bits per heavy atom. The summed E-state index contributed by atoms with van der Waals surface area (Å²) in [6.45, 7) is 1.34. The van der Waals surface area contributed by atoms with Crippen LogP contribution in [-0.2, 0) is 0 Å². The van der Waals surface area contributed by atoms with Crippen molar-refractivity contribution >= 4 is 35.1 Å². The van der Waals surface area contributed by atoms with Gasteiger partial charge < -0.3 is 10.2 Å². The first-order chi connectivity index (χ1) is 11.6. The highest BCUT2D eigenvalue weighted by molar-refractivity contribution is 7.99. The van der Waals surface area contributed by atoms with Crippen LogP contribution in [0.5, 0.6) is 0 Å². The lowest BCUT2D eigenvalue weighted by Gasteiger charge is -2.21. The summed E-state index contributed by atoms with van der Waals surface area (Å²) >= 11 is 8.12. The van der Waals surface area contributed by atoms with Crippen molar-refractivity contribution in [1.82, 2.24) is 4.90 Å². The van der Waals surface area contributed by atoms with E-state index in [1.165, 1.54) is 12.1 Å². The van der Waals surface area contributed by atoms with Gasteiger partial charge in [-0.1, -0.05) is 29.8 Å². The lowest BCUT2D eigenvalue weighted by molar-refractivity contribution is 0.215. The van der Waals surface area contributed by atoms with Gasteiger partial charge in [-0.05, 0) is 42.3 Å². The molecular weight excluding hydrogens is 347 g/mol. The van der Waals surface area contributed by atoms with Crippen LogP contribution in [0.1, 0.15) is 17.2 Å². The molecule has 0 saturated carbocycles. The SMILES string of the molecule is O=C(Nc1ccc(F)cc1)N1CCSC(c2ccccc2Cl)CC1. The second-order valence-corrected chi connectivity index (χ2v) is 7.31. The number of hydrogen-bond donors (Lipinski definition) is 1. The number of nitrogens with one attached hydrogen (secondary N) is 1. The number of anilines is 1. The average Bonchev–Trinajstić information content (AvgIpc) is 2.83. The molecule has 1 N–H and O–H groups in total. The first kappa shape index (κ1) is 17.1. The quantitative estimate of drug-likeness (QED) is 0.795. The molecule has 1 fully saturated rings. The van der Waals surface area contributed by atoms with Crippen LogP contribution >= 0.6 is 23.4 Å². The van der Waals surface area contributed by atoms with Gasteiger partial charge in [0.05, 0.1) is 0 Å². The number of carbonyl (C=O) groups excluding carboxylic acids is 1. The molecule has 2 amide bonds. The Bertz CT molecular complexity index is 710. The van der Waals surface area contributed by atoms with Crippen molar-refractivity contribution < 1.29 is 9.18 Å². The van der Waals surface area contributed by atoms with Gasteiger partial charge in [-0.25, -0.2) is 9.18 Å². The minimum atomic E-state index is -0.318. The number of hydrogen-bond acceptors (Lipinski definition) is 2. The van der Waals surface area contributed by atoms with Gasteiger partial charge in [0.1, 0.15) is 5.82 Å². The molecule has 126 valence electrons. The maximum Gasteiger partial charge on any atom is 0.321 e. The summed E-state index contributed by atoms with van der Waals surface area (Å²) in [6, 6.07) is 13.5. The largest absolute Gasteiger partial charge is 0.324 e. The third kappa shape index (κ3) is 4.22. The predicted octanol–water partition coefficient (Wildman–Crippen LogP) is 5.19. The van der Waals surface area contributed by atoms with Gasteiger partial charge in [-0.15, -0.1) is 0 Å². The molecule has 1 unspecified atom stereocenters. The molecule has 1 atom stereocenters. The van der Waals surface area contributed by atoms with Crippen molar-refractivity contribution in [1.29, 1.82) is 0 Å². The van der Waals surface area contributed by atoms with Crippen LogP contribution < -0.4 is 5.32 Å². The van der Waals surface area contributed by atoms with E-state index in [1.54, 1.807) is 17.0 Å². The fourth-order valence-electron chi connectivity index (χ4n) is 2.69. The predicted molar refractivity (Wildman–Crippen MR) is 98.3 cm³/mol. The monoisotopic (exact) mass is 364 g/mol. The number of carbonyl (C=O) groups is 1. The molecule has 0 radical (unpaired) electrons. The van der Waals surface area contributed by atoms with Crippen molar-refractivity contribution in [3.8, 4) is 0 Å². The minimum Gasteiger partial charge on any atom is -0.324 e. The highest BCUT2D eigenvalue weighted by Gasteiger charge is 2.23. The van der Waals surface area contributed by atoms with E-state index in [2.05, 4.69) is 5.32 Å². The Labute approximate surface area is 150 Å². The van der Waals surface area contributed by atoms with Crippen LogP contribution in [0, 0.1) is 5.82 Å². The topological polar surface area (TPSA) is 32.3 Å². The first-order valence-electron chi connectivity index (χ1n) is 7.81. The van der Waals surface area contributed by atoms with Crippen LogP contribution in [0.25, 0.3) is 0 Å². The van der Waals surface area contributed by atoms with E-state index in [0.717, 1.165) is 22.8 Å². The number of benzene rings is 2. The van der Waals surface area contributed by atoms with Crippen molar-refractivity contribution in [3.63, 3.8) is 0 Å². The maximum atomic E-state index is 12.9. The lowest BCUT2D eigenvalue weighted by Crippen LogP contribution is -2.36. The second-order valence-electron chi connectivity index (χ2n) is 5.59. The van der Waals surface area contributed by atoms with Crippen LogP contribution in [0.2, 0.25) is 5.02 Å². The zero-order valence-electron chi connectivity index (χ0n) is 13.0. The molecule has 1 saturated heterocycles. The first-order valence-corrected chi connectivity index (χ1v) is 9.23. The summed E-state index contributed by atoms with van der Waals surface area (Å²) in [5, 5.41) is 3.89. The number of halogens is 2. The molecule has 6 heteroatoms. The van der Waals surface area contributed by atoms with Crippen molar-refractivity contribution in [2.45, 2.75) is 11.7 Å². The molecule has 3 nitrogen and oxygen atoms in total. The van der Waals surface area contributed by atoms with Gasteiger partial charge in [0.25, 0.3) is 0 Å². The van der Waals surface area contributed by atoms with Gasteiger partial charge in [-0.3, -0.25) is 0 Å². The molecule has 24 heavy (non-hydrogen) atoms. The molecule has 3 rings (SSSR count). The highest BCUT2D eigenvalue weighted by Crippen LogP contribution is 2.37. The molecular formula is C18H18ClFN2OS. The molecule has 1 heterocycles. The average molecular weight is 365 g/mol. The van der Waals surface area contributed by atoms with E-state index >= 15 is 0 Å². The van der Waals surface area contributed by atoms with Crippen molar-refractivity contribution in [2.24, 2.45) is 0 Å². The zero-order chi connectivity index (χ0) is 16.9. The summed E-state index contributed by atoms with van der Waals surface area (Å²) in [4.78, 5) is 14.2. The van der Waals surface area contributed by atoms with E-state index < -0.39 is 0 Å². The molecule has 0 aliphatic carbocycles. The van der Waals surface area contributed by atoms with Gasteiger partial charge >= 0.3 is 6.03 Å². The Morgan fingerprint density at radius 2 is 1.92 bits per heavy atom. The number of nitrogens with zero attached hydrogens (tertiary/aromatic N) is 1. The van der Waals surface area contributed by atoms with E-state index in [0.29, 0.717) is 24.0 Å². The fourth-order valence-corrected chi connectivity index (χ4v) is 4.29. The third-order valence-electron chi connectivity index (χ3n) is 3.98. The summed E-state index contributed by atoms with van der Waals surface area (Å²) < 4.78 is 12.9. The number of thioether (sulfide) groups is 1. The smallest absolute Gasteiger partial charge is 0.321 e. The lowest BCUT2D eigenvalue weighted by atomic mass is 10.1. The molecule has 0 aromatic heterocycles. The Morgan fingerprint density at radius 3 is 2.67 bits per heavy atom. The van der Waals surface area contributed by atoms with E-state index in [9.17, 15) is 9.18 Å². The number of rotatable bonds is 2. The van der Waals surface area contributed by atoms with Gasteiger partial charge in [-0.2, -0.15) is 11.8 Å².